The molecule has 0 aromatic heterocycles. The third-order valence-corrected chi connectivity index (χ3v) is 2.56. The molecule has 1 amide bonds. The summed E-state index contributed by atoms with van der Waals surface area (Å²) in [7, 11) is 0. The van der Waals surface area contributed by atoms with Crippen LogP contribution in [0.3, 0.4) is 0 Å². The molecular formula is C12H14FNO3. The van der Waals surface area contributed by atoms with Crippen LogP contribution in [0.4, 0.5) is 4.39 Å². The third kappa shape index (κ3) is 2.81. The van der Waals surface area contributed by atoms with Crippen molar-refractivity contribution in [3.8, 4) is 0 Å². The number of carboxylic acids is 1. The summed E-state index contributed by atoms with van der Waals surface area (Å²) >= 11 is 0. The molecule has 1 atom stereocenters. The minimum Gasteiger partial charge on any atom is -0.479 e. The SMILES string of the molecule is CCC(=O)NC(C)(C(=O)O)c1ccc(F)cc1. The Morgan fingerprint density at radius 3 is 2.29 bits per heavy atom. The minimum absolute atomic E-state index is 0.185. The molecule has 0 aliphatic heterocycles. The standard InChI is InChI=1S/C12H14FNO3/c1-3-10(15)14-12(2,11(16)17)8-4-6-9(13)7-5-8/h4-7H,3H2,1-2H3,(H,14,15)(H,16,17). The van der Waals surface area contributed by atoms with Gasteiger partial charge in [0.05, 0.1) is 0 Å². The predicted octanol–water partition coefficient (Wildman–Crippen LogP) is 1.65. The average molecular weight is 239 g/mol. The molecule has 0 aliphatic carbocycles. The van der Waals surface area contributed by atoms with Crippen LogP contribution in [-0.2, 0) is 15.1 Å². The molecule has 4 nitrogen and oxygen atoms in total. The highest BCUT2D eigenvalue weighted by Crippen LogP contribution is 2.21. The van der Waals surface area contributed by atoms with Gasteiger partial charge in [-0.3, -0.25) is 4.79 Å². The maximum Gasteiger partial charge on any atom is 0.333 e. The van der Waals surface area contributed by atoms with Crippen LogP contribution in [0.25, 0.3) is 0 Å². The van der Waals surface area contributed by atoms with Crippen molar-refractivity contribution in [3.63, 3.8) is 0 Å². The van der Waals surface area contributed by atoms with Gasteiger partial charge < -0.3 is 10.4 Å². The second kappa shape index (κ2) is 4.95. The van der Waals surface area contributed by atoms with E-state index < -0.39 is 17.3 Å². The molecule has 0 spiro atoms. The van der Waals surface area contributed by atoms with Crippen molar-refractivity contribution in [2.75, 3.05) is 0 Å². The highest BCUT2D eigenvalue weighted by Gasteiger charge is 2.36. The van der Waals surface area contributed by atoms with E-state index in [0.29, 0.717) is 5.56 Å². The van der Waals surface area contributed by atoms with Gasteiger partial charge in [0.15, 0.2) is 5.54 Å². The van der Waals surface area contributed by atoms with E-state index >= 15 is 0 Å². The largest absolute Gasteiger partial charge is 0.479 e. The number of benzene rings is 1. The van der Waals surface area contributed by atoms with Gasteiger partial charge in [-0.05, 0) is 24.6 Å². The van der Waals surface area contributed by atoms with Crippen LogP contribution >= 0.6 is 0 Å². The van der Waals surface area contributed by atoms with Crippen LogP contribution in [0.5, 0.6) is 0 Å². The summed E-state index contributed by atoms with van der Waals surface area (Å²) in [6.45, 7) is 3.00. The molecular weight excluding hydrogens is 225 g/mol. The number of nitrogens with one attached hydrogen (secondary N) is 1. The number of amides is 1. The lowest BCUT2D eigenvalue weighted by molar-refractivity contribution is -0.147. The number of aliphatic carboxylic acids is 1. The number of hydrogen-bond acceptors (Lipinski definition) is 2. The topological polar surface area (TPSA) is 66.4 Å². The number of carboxylic acid groups (broad SMARTS) is 1. The molecule has 92 valence electrons. The molecule has 17 heavy (non-hydrogen) atoms. The van der Waals surface area contributed by atoms with E-state index in [2.05, 4.69) is 5.32 Å². The molecule has 0 saturated heterocycles. The number of carbonyl (C=O) groups is 2. The van der Waals surface area contributed by atoms with Gasteiger partial charge >= 0.3 is 5.97 Å². The van der Waals surface area contributed by atoms with Crippen molar-refractivity contribution in [3.05, 3.63) is 35.6 Å². The number of carbonyl (C=O) groups excluding carboxylic acids is 1. The molecule has 1 unspecified atom stereocenters. The number of rotatable bonds is 4. The van der Waals surface area contributed by atoms with E-state index in [1.54, 1.807) is 6.92 Å². The zero-order chi connectivity index (χ0) is 13.1. The molecule has 5 heteroatoms. The lowest BCUT2D eigenvalue weighted by Crippen LogP contribution is -2.49. The Labute approximate surface area is 98.5 Å². The first kappa shape index (κ1) is 13.2. The second-order valence-corrected chi connectivity index (χ2v) is 3.84. The zero-order valence-corrected chi connectivity index (χ0v) is 9.66. The van der Waals surface area contributed by atoms with Crippen molar-refractivity contribution in [2.45, 2.75) is 25.8 Å². The van der Waals surface area contributed by atoms with Crippen LogP contribution in [0.1, 0.15) is 25.8 Å². The van der Waals surface area contributed by atoms with Crippen LogP contribution in [0.2, 0.25) is 0 Å². The summed E-state index contributed by atoms with van der Waals surface area (Å²) in [5, 5.41) is 11.6. The van der Waals surface area contributed by atoms with Gasteiger partial charge in [0, 0.05) is 6.42 Å². The molecule has 1 rings (SSSR count). The van der Waals surface area contributed by atoms with Crippen molar-refractivity contribution in [2.24, 2.45) is 0 Å². The van der Waals surface area contributed by atoms with Crippen molar-refractivity contribution in [1.29, 1.82) is 0 Å². The van der Waals surface area contributed by atoms with E-state index in [9.17, 15) is 19.1 Å². The van der Waals surface area contributed by atoms with Gasteiger partial charge in [-0.1, -0.05) is 19.1 Å². The first-order valence-corrected chi connectivity index (χ1v) is 5.20. The Morgan fingerprint density at radius 1 is 1.35 bits per heavy atom. The maximum absolute atomic E-state index is 12.8. The van der Waals surface area contributed by atoms with E-state index in [1.807, 2.05) is 0 Å². The Hall–Kier alpha value is -1.91. The van der Waals surface area contributed by atoms with E-state index in [0.717, 1.165) is 12.1 Å². The minimum atomic E-state index is -1.54. The smallest absolute Gasteiger partial charge is 0.333 e. The lowest BCUT2D eigenvalue weighted by atomic mass is 9.92. The lowest BCUT2D eigenvalue weighted by Gasteiger charge is -2.26. The molecule has 0 aliphatic rings. The van der Waals surface area contributed by atoms with E-state index in [4.69, 9.17) is 0 Å². The van der Waals surface area contributed by atoms with Gasteiger partial charge in [-0.2, -0.15) is 0 Å². The summed E-state index contributed by atoms with van der Waals surface area (Å²) in [6, 6.07) is 5.02. The number of hydrogen-bond donors (Lipinski definition) is 2. The molecule has 2 N–H and O–H groups in total. The van der Waals surface area contributed by atoms with Crippen molar-refractivity contribution >= 4 is 11.9 Å². The quantitative estimate of drug-likeness (QED) is 0.839. The fraction of sp³-hybridized carbons (Fsp3) is 0.333. The van der Waals surface area contributed by atoms with Gasteiger partial charge in [-0.25, -0.2) is 9.18 Å². The molecule has 1 aromatic rings. The Kier molecular flexibility index (Phi) is 3.83. The molecule has 0 bridgehead atoms. The summed E-state index contributed by atoms with van der Waals surface area (Å²) in [5.41, 5.74) is -1.21. The summed E-state index contributed by atoms with van der Waals surface area (Å²) in [5.74, 6) is -2.02. The highest BCUT2D eigenvalue weighted by atomic mass is 19.1. The molecule has 0 saturated carbocycles. The maximum atomic E-state index is 12.8. The fourth-order valence-electron chi connectivity index (χ4n) is 1.40. The van der Waals surface area contributed by atoms with Crippen molar-refractivity contribution < 1.29 is 19.1 Å². The summed E-state index contributed by atoms with van der Waals surface area (Å²) in [4.78, 5) is 22.6. The monoisotopic (exact) mass is 239 g/mol. The molecule has 0 radical (unpaired) electrons. The van der Waals surface area contributed by atoms with Gasteiger partial charge in [-0.15, -0.1) is 0 Å². The predicted molar refractivity (Wildman–Crippen MR) is 59.8 cm³/mol. The first-order valence-electron chi connectivity index (χ1n) is 5.20. The average Bonchev–Trinajstić information content (AvgIpc) is 2.29. The molecule has 0 fully saturated rings. The van der Waals surface area contributed by atoms with E-state index in [-0.39, 0.29) is 12.3 Å². The second-order valence-electron chi connectivity index (χ2n) is 3.84. The molecule has 0 heterocycles. The summed E-state index contributed by atoms with van der Waals surface area (Å²) in [6.07, 6.45) is 0.185. The normalized spacial score (nSPS) is 13.8. The first-order chi connectivity index (χ1) is 7.90. The number of halogens is 1. The van der Waals surface area contributed by atoms with Gasteiger partial charge in [0.2, 0.25) is 5.91 Å². The Morgan fingerprint density at radius 2 is 1.88 bits per heavy atom. The van der Waals surface area contributed by atoms with Crippen molar-refractivity contribution in [1.82, 2.24) is 5.32 Å². The highest BCUT2D eigenvalue weighted by molar-refractivity contribution is 5.87. The van der Waals surface area contributed by atoms with Crippen LogP contribution < -0.4 is 5.32 Å². The molecule has 1 aromatic carbocycles. The Balaban J connectivity index is 3.11. The van der Waals surface area contributed by atoms with Gasteiger partial charge in [0.1, 0.15) is 5.82 Å². The fourth-order valence-corrected chi connectivity index (χ4v) is 1.40. The van der Waals surface area contributed by atoms with Crippen LogP contribution in [-0.4, -0.2) is 17.0 Å². The van der Waals surface area contributed by atoms with E-state index in [1.165, 1.54) is 19.1 Å². The van der Waals surface area contributed by atoms with Crippen LogP contribution in [0, 0.1) is 5.82 Å². The third-order valence-electron chi connectivity index (χ3n) is 2.56. The summed E-state index contributed by atoms with van der Waals surface area (Å²) < 4.78 is 12.8. The zero-order valence-electron chi connectivity index (χ0n) is 9.66. The Bertz CT molecular complexity index is 430. The van der Waals surface area contributed by atoms with Crippen LogP contribution in [0.15, 0.2) is 24.3 Å². The van der Waals surface area contributed by atoms with Gasteiger partial charge in [0.25, 0.3) is 0 Å².